The number of aromatic nitrogens is 1. The quantitative estimate of drug-likeness (QED) is 0.865. The van der Waals surface area contributed by atoms with Crippen molar-refractivity contribution >= 4 is 16.9 Å². The van der Waals surface area contributed by atoms with Crippen molar-refractivity contribution in [2.75, 3.05) is 0 Å². The first-order valence-corrected chi connectivity index (χ1v) is 6.31. The SMILES string of the molecule is Cc1ccc2cc(C3(O)CC(C(=O)O)C3)ccc2n1. The molecule has 1 heterocycles. The van der Waals surface area contributed by atoms with E-state index in [1.54, 1.807) is 0 Å². The molecule has 1 aromatic heterocycles. The predicted octanol–water partition coefficient (Wildman–Crippen LogP) is 2.23. The monoisotopic (exact) mass is 257 g/mol. The molecule has 0 radical (unpaired) electrons. The molecule has 1 aliphatic rings. The van der Waals surface area contributed by atoms with Gasteiger partial charge in [0.15, 0.2) is 0 Å². The van der Waals surface area contributed by atoms with Crippen LogP contribution in [0.5, 0.6) is 0 Å². The minimum Gasteiger partial charge on any atom is -0.481 e. The van der Waals surface area contributed by atoms with Crippen LogP contribution in [0.1, 0.15) is 24.1 Å². The maximum Gasteiger partial charge on any atom is 0.306 e. The Hall–Kier alpha value is -1.94. The highest BCUT2D eigenvalue weighted by molar-refractivity contribution is 5.80. The largest absolute Gasteiger partial charge is 0.481 e. The fourth-order valence-corrected chi connectivity index (χ4v) is 2.68. The summed E-state index contributed by atoms with van der Waals surface area (Å²) in [6.45, 7) is 1.93. The van der Waals surface area contributed by atoms with Gasteiger partial charge in [-0.3, -0.25) is 9.78 Å². The lowest BCUT2D eigenvalue weighted by molar-refractivity contribution is -0.159. The number of carboxylic acids is 1. The summed E-state index contributed by atoms with van der Waals surface area (Å²) in [6, 6.07) is 9.52. The first-order chi connectivity index (χ1) is 8.98. The minimum absolute atomic E-state index is 0.285. The third kappa shape index (κ3) is 1.98. The van der Waals surface area contributed by atoms with Crippen molar-refractivity contribution in [3.63, 3.8) is 0 Å². The third-order valence-electron chi connectivity index (χ3n) is 3.88. The molecule has 0 saturated heterocycles. The van der Waals surface area contributed by atoms with Crippen molar-refractivity contribution in [3.05, 3.63) is 41.6 Å². The number of nitrogens with zero attached hydrogens (tertiary/aromatic N) is 1. The molecule has 1 fully saturated rings. The lowest BCUT2D eigenvalue weighted by Gasteiger charge is -2.41. The highest BCUT2D eigenvalue weighted by Gasteiger charge is 2.47. The highest BCUT2D eigenvalue weighted by Crippen LogP contribution is 2.46. The molecule has 0 unspecified atom stereocenters. The van der Waals surface area contributed by atoms with Crippen molar-refractivity contribution in [1.29, 1.82) is 0 Å². The molecule has 1 aliphatic carbocycles. The molecule has 0 aliphatic heterocycles. The van der Waals surface area contributed by atoms with E-state index >= 15 is 0 Å². The molecule has 1 aromatic carbocycles. The number of benzene rings is 1. The third-order valence-corrected chi connectivity index (χ3v) is 3.88. The minimum atomic E-state index is -0.998. The maximum atomic E-state index is 10.8. The van der Waals surface area contributed by atoms with Gasteiger partial charge in [-0.25, -0.2) is 0 Å². The average Bonchev–Trinajstić information content (AvgIpc) is 2.34. The Morgan fingerprint density at radius 2 is 2.05 bits per heavy atom. The molecule has 3 rings (SSSR count). The molecule has 4 nitrogen and oxygen atoms in total. The summed E-state index contributed by atoms with van der Waals surface area (Å²) in [6.07, 6.45) is 0.570. The lowest BCUT2D eigenvalue weighted by Crippen LogP contribution is -2.44. The predicted molar refractivity (Wildman–Crippen MR) is 70.7 cm³/mol. The first-order valence-electron chi connectivity index (χ1n) is 6.31. The average molecular weight is 257 g/mol. The summed E-state index contributed by atoms with van der Waals surface area (Å²) in [4.78, 5) is 15.2. The van der Waals surface area contributed by atoms with Gasteiger partial charge >= 0.3 is 5.97 Å². The molecule has 0 spiro atoms. The van der Waals surface area contributed by atoms with E-state index in [1.807, 2.05) is 37.3 Å². The summed E-state index contributed by atoms with van der Waals surface area (Å²) >= 11 is 0. The van der Waals surface area contributed by atoms with E-state index in [1.165, 1.54) is 0 Å². The maximum absolute atomic E-state index is 10.8. The van der Waals surface area contributed by atoms with Crippen LogP contribution < -0.4 is 0 Å². The van der Waals surface area contributed by atoms with Crippen molar-refractivity contribution in [2.24, 2.45) is 5.92 Å². The first kappa shape index (κ1) is 12.1. The summed E-state index contributed by atoms with van der Waals surface area (Å²) in [5, 5.41) is 20.3. The number of hydrogen-bond donors (Lipinski definition) is 2. The second kappa shape index (κ2) is 4.03. The van der Waals surface area contributed by atoms with E-state index in [2.05, 4.69) is 4.98 Å². The van der Waals surface area contributed by atoms with Gasteiger partial charge in [0.1, 0.15) is 0 Å². The number of aliphatic hydroxyl groups is 1. The van der Waals surface area contributed by atoms with Gasteiger partial charge < -0.3 is 10.2 Å². The summed E-state index contributed by atoms with van der Waals surface area (Å²) in [7, 11) is 0. The number of aliphatic carboxylic acids is 1. The Bertz CT molecular complexity index is 659. The smallest absolute Gasteiger partial charge is 0.306 e. The van der Waals surface area contributed by atoms with Crippen molar-refractivity contribution in [2.45, 2.75) is 25.4 Å². The molecular weight excluding hydrogens is 242 g/mol. The second-order valence-electron chi connectivity index (χ2n) is 5.34. The topological polar surface area (TPSA) is 70.4 Å². The number of carboxylic acid groups (broad SMARTS) is 1. The van der Waals surface area contributed by atoms with E-state index < -0.39 is 17.5 Å². The zero-order chi connectivity index (χ0) is 13.6. The molecule has 0 amide bonds. The highest BCUT2D eigenvalue weighted by atomic mass is 16.4. The summed E-state index contributed by atoms with van der Waals surface area (Å²) in [5.41, 5.74) is 1.63. The van der Waals surface area contributed by atoms with E-state index in [0.29, 0.717) is 0 Å². The van der Waals surface area contributed by atoms with Crippen molar-refractivity contribution in [1.82, 2.24) is 4.98 Å². The molecule has 4 heteroatoms. The van der Waals surface area contributed by atoms with E-state index in [9.17, 15) is 9.90 Å². The fraction of sp³-hybridized carbons (Fsp3) is 0.333. The van der Waals surface area contributed by atoms with Crippen LogP contribution in [0.15, 0.2) is 30.3 Å². The Balaban J connectivity index is 1.94. The van der Waals surface area contributed by atoms with Crippen LogP contribution in [0.3, 0.4) is 0 Å². The van der Waals surface area contributed by atoms with Gasteiger partial charge in [-0.2, -0.15) is 0 Å². The zero-order valence-electron chi connectivity index (χ0n) is 10.6. The normalized spacial score (nSPS) is 26.1. The number of fused-ring (bicyclic) bond motifs is 1. The van der Waals surface area contributed by atoms with Crippen molar-refractivity contribution < 1.29 is 15.0 Å². The number of rotatable bonds is 2. The number of hydrogen-bond acceptors (Lipinski definition) is 3. The molecule has 0 bridgehead atoms. The van der Waals surface area contributed by atoms with E-state index in [4.69, 9.17) is 5.11 Å². The molecule has 2 aromatic rings. The van der Waals surface area contributed by atoms with E-state index in [-0.39, 0.29) is 12.8 Å². The van der Waals surface area contributed by atoms with Crippen LogP contribution in [0.4, 0.5) is 0 Å². The zero-order valence-corrected chi connectivity index (χ0v) is 10.6. The Labute approximate surface area is 110 Å². The lowest BCUT2D eigenvalue weighted by atomic mass is 9.67. The van der Waals surface area contributed by atoms with Gasteiger partial charge in [0.2, 0.25) is 0 Å². The standard InChI is InChI=1S/C15H15NO3/c1-9-2-3-10-6-12(4-5-13(10)16-9)15(19)7-11(8-15)14(17)18/h2-6,11,19H,7-8H2,1H3,(H,17,18). The van der Waals surface area contributed by atoms with Crippen molar-refractivity contribution in [3.8, 4) is 0 Å². The van der Waals surface area contributed by atoms with Crippen LogP contribution in [-0.4, -0.2) is 21.2 Å². The molecule has 98 valence electrons. The molecule has 2 N–H and O–H groups in total. The van der Waals surface area contributed by atoms with Crippen LogP contribution >= 0.6 is 0 Å². The van der Waals surface area contributed by atoms with Gasteiger partial charge in [-0.1, -0.05) is 12.1 Å². The fourth-order valence-electron chi connectivity index (χ4n) is 2.68. The van der Waals surface area contributed by atoms with Crippen LogP contribution in [0.25, 0.3) is 10.9 Å². The number of carbonyl (C=O) groups is 1. The van der Waals surface area contributed by atoms with Gasteiger partial charge in [0.25, 0.3) is 0 Å². The Kier molecular flexibility index (Phi) is 2.57. The van der Waals surface area contributed by atoms with Gasteiger partial charge in [0.05, 0.1) is 17.0 Å². The van der Waals surface area contributed by atoms with Gasteiger partial charge in [-0.05, 0) is 43.5 Å². The summed E-state index contributed by atoms with van der Waals surface area (Å²) < 4.78 is 0. The van der Waals surface area contributed by atoms with Crippen LogP contribution in [0, 0.1) is 12.8 Å². The Morgan fingerprint density at radius 1 is 1.32 bits per heavy atom. The second-order valence-corrected chi connectivity index (χ2v) is 5.34. The van der Waals surface area contributed by atoms with Gasteiger partial charge in [0, 0.05) is 11.1 Å². The number of aryl methyl sites for hydroxylation is 1. The molecular formula is C15H15NO3. The van der Waals surface area contributed by atoms with Crippen LogP contribution in [0.2, 0.25) is 0 Å². The molecule has 19 heavy (non-hydrogen) atoms. The van der Waals surface area contributed by atoms with Gasteiger partial charge in [-0.15, -0.1) is 0 Å². The molecule has 1 saturated carbocycles. The Morgan fingerprint density at radius 3 is 2.74 bits per heavy atom. The number of pyridine rings is 1. The molecule has 0 atom stereocenters. The summed E-state index contributed by atoms with van der Waals surface area (Å²) in [5.74, 6) is -1.26. The van der Waals surface area contributed by atoms with E-state index in [0.717, 1.165) is 22.2 Å². The van der Waals surface area contributed by atoms with Crippen LogP contribution in [-0.2, 0) is 10.4 Å².